The standard InChI is InChI=1S/C16H20N2O3S/c1-12-10-18(11-16(2,3)21-12)22(19,20)15-6-4-5-13-9-17-8-7-14(13)15/h4-9,12H,10-11H2,1-3H3. The molecule has 118 valence electrons. The van der Waals surface area contributed by atoms with Crippen molar-refractivity contribution >= 4 is 20.8 Å². The number of rotatable bonds is 2. The number of ether oxygens (including phenoxy) is 1. The van der Waals surface area contributed by atoms with Crippen LogP contribution in [0, 0.1) is 0 Å². The highest BCUT2D eigenvalue weighted by Gasteiger charge is 2.38. The Labute approximate surface area is 131 Å². The third-order valence-electron chi connectivity index (χ3n) is 3.80. The minimum Gasteiger partial charge on any atom is -0.370 e. The predicted molar refractivity (Wildman–Crippen MR) is 85.1 cm³/mol. The molecule has 0 N–H and O–H groups in total. The lowest BCUT2D eigenvalue weighted by atomic mass is 10.1. The van der Waals surface area contributed by atoms with Gasteiger partial charge in [0.15, 0.2) is 0 Å². The highest BCUT2D eigenvalue weighted by Crippen LogP contribution is 2.29. The number of pyridine rings is 1. The topological polar surface area (TPSA) is 59.5 Å². The van der Waals surface area contributed by atoms with Gasteiger partial charge < -0.3 is 4.74 Å². The Morgan fingerprint density at radius 2 is 2.09 bits per heavy atom. The molecular weight excluding hydrogens is 300 g/mol. The Morgan fingerprint density at radius 3 is 2.82 bits per heavy atom. The second-order valence-corrected chi connectivity index (χ2v) is 8.25. The number of hydrogen-bond acceptors (Lipinski definition) is 4. The van der Waals surface area contributed by atoms with Crippen LogP contribution in [0.25, 0.3) is 10.8 Å². The van der Waals surface area contributed by atoms with Crippen molar-refractivity contribution < 1.29 is 13.2 Å². The van der Waals surface area contributed by atoms with Crippen LogP contribution in [0.15, 0.2) is 41.6 Å². The van der Waals surface area contributed by atoms with E-state index in [0.717, 1.165) is 5.39 Å². The summed E-state index contributed by atoms with van der Waals surface area (Å²) >= 11 is 0. The maximum absolute atomic E-state index is 13.1. The summed E-state index contributed by atoms with van der Waals surface area (Å²) in [5.41, 5.74) is -0.489. The van der Waals surface area contributed by atoms with Crippen molar-refractivity contribution in [2.75, 3.05) is 13.1 Å². The molecule has 2 aromatic rings. The van der Waals surface area contributed by atoms with E-state index in [-0.39, 0.29) is 6.10 Å². The van der Waals surface area contributed by atoms with E-state index in [1.807, 2.05) is 26.8 Å². The van der Waals surface area contributed by atoms with Crippen LogP contribution in [0.4, 0.5) is 0 Å². The van der Waals surface area contributed by atoms with Gasteiger partial charge in [0.2, 0.25) is 10.0 Å². The maximum atomic E-state index is 13.1. The molecule has 1 saturated heterocycles. The molecule has 1 fully saturated rings. The minimum absolute atomic E-state index is 0.129. The van der Waals surface area contributed by atoms with Crippen molar-refractivity contribution in [3.8, 4) is 0 Å². The van der Waals surface area contributed by atoms with E-state index >= 15 is 0 Å². The number of morpholine rings is 1. The molecule has 1 unspecified atom stereocenters. The molecule has 6 heteroatoms. The second-order valence-electron chi connectivity index (χ2n) is 6.34. The van der Waals surface area contributed by atoms with E-state index < -0.39 is 15.6 Å². The fourth-order valence-electron chi connectivity index (χ4n) is 3.04. The lowest BCUT2D eigenvalue weighted by Gasteiger charge is -2.41. The Morgan fingerprint density at radius 1 is 1.32 bits per heavy atom. The predicted octanol–water partition coefficient (Wildman–Crippen LogP) is 2.42. The fourth-order valence-corrected chi connectivity index (χ4v) is 4.91. The first kappa shape index (κ1) is 15.4. The van der Waals surface area contributed by atoms with Crippen LogP contribution in [0.3, 0.4) is 0 Å². The third-order valence-corrected chi connectivity index (χ3v) is 5.67. The van der Waals surface area contributed by atoms with E-state index in [2.05, 4.69) is 4.98 Å². The van der Waals surface area contributed by atoms with E-state index in [1.165, 1.54) is 4.31 Å². The lowest BCUT2D eigenvalue weighted by Crippen LogP contribution is -2.53. The van der Waals surface area contributed by atoms with E-state index in [0.29, 0.717) is 23.4 Å². The molecule has 1 aliphatic heterocycles. The van der Waals surface area contributed by atoms with Crippen molar-refractivity contribution in [3.63, 3.8) is 0 Å². The Balaban J connectivity index is 2.09. The highest BCUT2D eigenvalue weighted by molar-refractivity contribution is 7.89. The number of nitrogens with zero attached hydrogens (tertiary/aromatic N) is 2. The Bertz CT molecular complexity index is 797. The van der Waals surface area contributed by atoms with Gasteiger partial charge in [-0.05, 0) is 32.9 Å². The lowest BCUT2D eigenvalue weighted by molar-refractivity contribution is -0.109. The molecule has 0 spiro atoms. The Hall–Kier alpha value is -1.50. The van der Waals surface area contributed by atoms with Gasteiger partial charge in [0.05, 0.1) is 16.6 Å². The highest BCUT2D eigenvalue weighted by atomic mass is 32.2. The molecule has 1 aromatic heterocycles. The zero-order valence-corrected chi connectivity index (χ0v) is 13.8. The molecule has 0 saturated carbocycles. The van der Waals surface area contributed by atoms with Gasteiger partial charge in [-0.2, -0.15) is 4.31 Å². The molecule has 3 rings (SSSR count). The first-order valence-electron chi connectivity index (χ1n) is 7.30. The smallest absolute Gasteiger partial charge is 0.243 e. The number of benzene rings is 1. The van der Waals surface area contributed by atoms with Crippen molar-refractivity contribution in [3.05, 3.63) is 36.7 Å². The first-order valence-corrected chi connectivity index (χ1v) is 8.74. The normalized spacial score (nSPS) is 22.8. The average molecular weight is 320 g/mol. The molecule has 0 aliphatic carbocycles. The number of hydrogen-bond donors (Lipinski definition) is 0. The quantitative estimate of drug-likeness (QED) is 0.852. The van der Waals surface area contributed by atoms with Gasteiger partial charge in [-0.15, -0.1) is 0 Å². The molecule has 5 nitrogen and oxygen atoms in total. The summed E-state index contributed by atoms with van der Waals surface area (Å²) in [6.45, 7) is 6.45. The van der Waals surface area contributed by atoms with Crippen molar-refractivity contribution in [2.24, 2.45) is 0 Å². The second kappa shape index (κ2) is 5.30. The van der Waals surface area contributed by atoms with Gasteiger partial charge >= 0.3 is 0 Å². The van der Waals surface area contributed by atoms with Crippen LogP contribution in [0.2, 0.25) is 0 Å². The Kier molecular flexibility index (Phi) is 3.71. The zero-order valence-electron chi connectivity index (χ0n) is 13.0. The van der Waals surface area contributed by atoms with Crippen LogP contribution in [0.5, 0.6) is 0 Å². The molecule has 0 amide bonds. The molecule has 1 atom stereocenters. The van der Waals surface area contributed by atoms with Gasteiger partial charge in [0, 0.05) is 36.3 Å². The van der Waals surface area contributed by atoms with Gasteiger partial charge in [-0.1, -0.05) is 12.1 Å². The first-order chi connectivity index (χ1) is 10.3. The van der Waals surface area contributed by atoms with Crippen molar-refractivity contribution in [2.45, 2.75) is 37.4 Å². The molecule has 22 heavy (non-hydrogen) atoms. The third kappa shape index (κ3) is 2.74. The van der Waals surface area contributed by atoms with Crippen molar-refractivity contribution in [1.29, 1.82) is 0 Å². The summed E-state index contributed by atoms with van der Waals surface area (Å²) < 4.78 is 33.5. The molecule has 2 heterocycles. The van der Waals surface area contributed by atoms with Gasteiger partial charge in [-0.25, -0.2) is 8.42 Å². The summed E-state index contributed by atoms with van der Waals surface area (Å²) in [7, 11) is -3.57. The van der Waals surface area contributed by atoms with Crippen LogP contribution in [0.1, 0.15) is 20.8 Å². The molecule has 1 aliphatic rings. The number of aromatic nitrogens is 1. The van der Waals surface area contributed by atoms with Crippen LogP contribution >= 0.6 is 0 Å². The summed E-state index contributed by atoms with van der Waals surface area (Å²) in [4.78, 5) is 4.39. The molecule has 0 bridgehead atoms. The van der Waals surface area contributed by atoms with E-state index in [4.69, 9.17) is 4.74 Å². The summed E-state index contributed by atoms with van der Waals surface area (Å²) in [5.74, 6) is 0. The van der Waals surface area contributed by atoms with Gasteiger partial charge in [0.1, 0.15) is 0 Å². The molecular formula is C16H20N2O3S. The largest absolute Gasteiger partial charge is 0.370 e. The monoisotopic (exact) mass is 320 g/mol. The van der Waals surface area contributed by atoms with Crippen molar-refractivity contribution in [1.82, 2.24) is 9.29 Å². The van der Waals surface area contributed by atoms with Crippen LogP contribution in [-0.2, 0) is 14.8 Å². The van der Waals surface area contributed by atoms with Crippen LogP contribution in [-0.4, -0.2) is 42.5 Å². The summed E-state index contributed by atoms with van der Waals surface area (Å²) in [6, 6.07) is 7.03. The average Bonchev–Trinajstić information content (AvgIpc) is 2.44. The van der Waals surface area contributed by atoms with Crippen LogP contribution < -0.4 is 0 Å². The van der Waals surface area contributed by atoms with E-state index in [1.54, 1.807) is 30.6 Å². The number of sulfonamides is 1. The molecule has 0 radical (unpaired) electrons. The summed E-state index contributed by atoms with van der Waals surface area (Å²) in [6.07, 6.45) is 3.17. The number of fused-ring (bicyclic) bond motifs is 1. The minimum atomic E-state index is -3.57. The maximum Gasteiger partial charge on any atom is 0.243 e. The SMILES string of the molecule is CC1CN(S(=O)(=O)c2cccc3cnccc23)CC(C)(C)O1. The van der Waals surface area contributed by atoms with Gasteiger partial charge in [-0.3, -0.25) is 4.98 Å². The summed E-state index contributed by atoms with van der Waals surface area (Å²) in [5, 5.41) is 1.53. The van der Waals surface area contributed by atoms with E-state index in [9.17, 15) is 8.42 Å². The zero-order chi connectivity index (χ0) is 16.0. The molecule has 1 aromatic carbocycles. The fraction of sp³-hybridized carbons (Fsp3) is 0.438. The van der Waals surface area contributed by atoms with Gasteiger partial charge in [0.25, 0.3) is 0 Å².